The second kappa shape index (κ2) is 2.94. The molecule has 2 aliphatic rings. The second-order valence-corrected chi connectivity index (χ2v) is 5.03. The fraction of sp³-hybridized carbons (Fsp3) is 0.636. The Morgan fingerprint density at radius 3 is 2.79 bits per heavy atom. The first kappa shape index (κ1) is 9.44. The normalized spacial score (nSPS) is 25.4. The Labute approximate surface area is 84.3 Å². The SMILES string of the molecule is CC1=NNC2=C(C1)C(=O)CC(C)(C)C2. The van der Waals surface area contributed by atoms with E-state index in [1.165, 1.54) is 0 Å². The summed E-state index contributed by atoms with van der Waals surface area (Å²) in [6.07, 6.45) is 2.34. The zero-order valence-electron chi connectivity index (χ0n) is 8.98. The number of carbonyl (C=O) groups is 1. The molecule has 0 fully saturated rings. The van der Waals surface area contributed by atoms with E-state index in [9.17, 15) is 4.79 Å². The highest BCUT2D eigenvalue weighted by Crippen LogP contribution is 2.37. The lowest BCUT2D eigenvalue weighted by Crippen LogP contribution is -2.33. The van der Waals surface area contributed by atoms with Crippen molar-refractivity contribution >= 4 is 11.5 Å². The third-order valence-electron chi connectivity index (χ3n) is 2.81. The molecule has 0 aromatic heterocycles. The van der Waals surface area contributed by atoms with Crippen LogP contribution >= 0.6 is 0 Å². The van der Waals surface area contributed by atoms with Crippen molar-refractivity contribution in [1.82, 2.24) is 5.43 Å². The fourth-order valence-electron chi connectivity index (χ4n) is 2.13. The molecule has 3 heteroatoms. The van der Waals surface area contributed by atoms with E-state index in [0.717, 1.165) is 29.8 Å². The van der Waals surface area contributed by atoms with Crippen molar-refractivity contribution in [3.63, 3.8) is 0 Å². The molecule has 0 saturated carbocycles. The van der Waals surface area contributed by atoms with Gasteiger partial charge in [-0.15, -0.1) is 0 Å². The summed E-state index contributed by atoms with van der Waals surface area (Å²) < 4.78 is 0. The van der Waals surface area contributed by atoms with Gasteiger partial charge in [0.05, 0.1) is 0 Å². The number of Topliss-reactive ketones (excluding diaryl/α,β-unsaturated/α-hetero) is 1. The van der Waals surface area contributed by atoms with Crippen LogP contribution in [-0.2, 0) is 4.79 Å². The van der Waals surface area contributed by atoms with Crippen LogP contribution in [0, 0.1) is 5.41 Å². The summed E-state index contributed by atoms with van der Waals surface area (Å²) in [4.78, 5) is 11.8. The minimum absolute atomic E-state index is 0.0870. The van der Waals surface area contributed by atoms with Gasteiger partial charge in [0.1, 0.15) is 0 Å². The monoisotopic (exact) mass is 192 g/mol. The number of ketones is 1. The highest BCUT2D eigenvalue weighted by molar-refractivity contribution is 6.03. The highest BCUT2D eigenvalue weighted by Gasteiger charge is 2.34. The van der Waals surface area contributed by atoms with Gasteiger partial charge in [-0.2, -0.15) is 5.10 Å². The molecular weight excluding hydrogens is 176 g/mol. The van der Waals surface area contributed by atoms with Crippen molar-refractivity contribution in [3.8, 4) is 0 Å². The van der Waals surface area contributed by atoms with Crippen LogP contribution in [0.5, 0.6) is 0 Å². The highest BCUT2D eigenvalue weighted by atomic mass is 16.1. The van der Waals surface area contributed by atoms with Crippen molar-refractivity contribution in [3.05, 3.63) is 11.3 Å². The summed E-state index contributed by atoms with van der Waals surface area (Å²) in [6, 6.07) is 0. The average Bonchev–Trinajstić information content (AvgIpc) is 2.05. The molecule has 76 valence electrons. The molecule has 0 saturated heterocycles. The summed E-state index contributed by atoms with van der Waals surface area (Å²) in [7, 11) is 0. The Kier molecular flexibility index (Phi) is 1.98. The molecule has 1 aliphatic heterocycles. The molecular formula is C11H16N2O. The third kappa shape index (κ3) is 1.59. The standard InChI is InChI=1S/C11H16N2O/c1-7-4-8-9(13-12-7)5-11(2,3)6-10(8)14/h13H,4-6H2,1-3H3. The molecule has 1 aliphatic carbocycles. The van der Waals surface area contributed by atoms with Crippen molar-refractivity contribution < 1.29 is 4.79 Å². The van der Waals surface area contributed by atoms with E-state index in [0.29, 0.717) is 6.42 Å². The predicted molar refractivity (Wildman–Crippen MR) is 55.9 cm³/mol. The van der Waals surface area contributed by atoms with Gasteiger partial charge in [-0.05, 0) is 18.8 Å². The molecule has 0 spiro atoms. The van der Waals surface area contributed by atoms with Crippen molar-refractivity contribution in [2.75, 3.05) is 0 Å². The van der Waals surface area contributed by atoms with Crippen LogP contribution in [-0.4, -0.2) is 11.5 Å². The Bertz CT molecular complexity index is 350. The van der Waals surface area contributed by atoms with E-state index in [-0.39, 0.29) is 11.2 Å². The smallest absolute Gasteiger partial charge is 0.161 e. The Hall–Kier alpha value is -1.12. The molecule has 2 rings (SSSR count). The van der Waals surface area contributed by atoms with Gasteiger partial charge >= 0.3 is 0 Å². The minimum Gasteiger partial charge on any atom is -0.294 e. The van der Waals surface area contributed by atoms with E-state index in [1.807, 2.05) is 6.92 Å². The Morgan fingerprint density at radius 2 is 2.07 bits per heavy atom. The summed E-state index contributed by atoms with van der Waals surface area (Å²) in [5.74, 6) is 0.290. The van der Waals surface area contributed by atoms with Crippen LogP contribution in [0.1, 0.15) is 40.0 Å². The zero-order valence-corrected chi connectivity index (χ0v) is 8.98. The van der Waals surface area contributed by atoms with Gasteiger partial charge in [-0.1, -0.05) is 13.8 Å². The number of nitrogens with one attached hydrogen (secondary N) is 1. The van der Waals surface area contributed by atoms with Gasteiger partial charge in [-0.25, -0.2) is 0 Å². The average molecular weight is 192 g/mol. The predicted octanol–water partition coefficient (Wildman–Crippen LogP) is 2.00. The van der Waals surface area contributed by atoms with E-state index in [2.05, 4.69) is 24.4 Å². The van der Waals surface area contributed by atoms with Crippen LogP contribution in [0.4, 0.5) is 0 Å². The molecule has 1 N–H and O–H groups in total. The van der Waals surface area contributed by atoms with Crippen LogP contribution in [0.15, 0.2) is 16.4 Å². The molecule has 14 heavy (non-hydrogen) atoms. The fourth-order valence-corrected chi connectivity index (χ4v) is 2.13. The van der Waals surface area contributed by atoms with Gasteiger partial charge in [-0.3, -0.25) is 10.2 Å². The molecule has 1 heterocycles. The molecule has 0 atom stereocenters. The molecule has 0 aromatic carbocycles. The summed E-state index contributed by atoms with van der Waals surface area (Å²) in [5.41, 5.74) is 6.08. The molecule has 0 unspecified atom stereocenters. The molecule has 3 nitrogen and oxygen atoms in total. The number of hydrogen-bond donors (Lipinski definition) is 1. The maximum atomic E-state index is 11.8. The van der Waals surface area contributed by atoms with Gasteiger partial charge in [0.2, 0.25) is 0 Å². The van der Waals surface area contributed by atoms with E-state index in [1.54, 1.807) is 0 Å². The summed E-state index contributed by atoms with van der Waals surface area (Å²) in [6.45, 7) is 6.20. The largest absolute Gasteiger partial charge is 0.294 e. The molecule has 0 aromatic rings. The lowest BCUT2D eigenvalue weighted by molar-refractivity contribution is -0.118. The summed E-state index contributed by atoms with van der Waals surface area (Å²) in [5, 5.41) is 4.17. The number of hydrazone groups is 1. The van der Waals surface area contributed by atoms with Crippen molar-refractivity contribution in [2.24, 2.45) is 10.5 Å². The van der Waals surface area contributed by atoms with Gasteiger partial charge in [0.15, 0.2) is 5.78 Å². The van der Waals surface area contributed by atoms with E-state index in [4.69, 9.17) is 0 Å². The third-order valence-corrected chi connectivity index (χ3v) is 2.81. The zero-order chi connectivity index (χ0) is 10.3. The van der Waals surface area contributed by atoms with Gasteiger partial charge in [0.25, 0.3) is 0 Å². The lowest BCUT2D eigenvalue weighted by atomic mass is 9.75. The van der Waals surface area contributed by atoms with Crippen LogP contribution in [0.2, 0.25) is 0 Å². The maximum Gasteiger partial charge on any atom is 0.161 e. The van der Waals surface area contributed by atoms with Crippen LogP contribution in [0.3, 0.4) is 0 Å². The van der Waals surface area contributed by atoms with Gasteiger partial charge < -0.3 is 0 Å². The first-order valence-electron chi connectivity index (χ1n) is 5.02. The van der Waals surface area contributed by atoms with Crippen LogP contribution in [0.25, 0.3) is 0 Å². The topological polar surface area (TPSA) is 41.5 Å². The second-order valence-electron chi connectivity index (χ2n) is 5.03. The Morgan fingerprint density at radius 1 is 1.36 bits per heavy atom. The van der Waals surface area contributed by atoms with Crippen molar-refractivity contribution in [2.45, 2.75) is 40.0 Å². The minimum atomic E-state index is 0.0870. The number of carbonyl (C=O) groups excluding carboxylic acids is 1. The maximum absolute atomic E-state index is 11.8. The van der Waals surface area contributed by atoms with E-state index < -0.39 is 0 Å². The van der Waals surface area contributed by atoms with Gasteiger partial charge in [0, 0.05) is 29.8 Å². The molecule has 0 amide bonds. The number of nitrogens with zero attached hydrogens (tertiary/aromatic N) is 1. The number of allylic oxidation sites excluding steroid dienone is 2. The molecule has 0 bridgehead atoms. The Balaban J connectivity index is 2.30. The first-order valence-corrected chi connectivity index (χ1v) is 5.02. The van der Waals surface area contributed by atoms with Crippen molar-refractivity contribution in [1.29, 1.82) is 0 Å². The lowest BCUT2D eigenvalue weighted by Gasteiger charge is -2.33. The quantitative estimate of drug-likeness (QED) is 0.637. The van der Waals surface area contributed by atoms with E-state index >= 15 is 0 Å². The van der Waals surface area contributed by atoms with Crippen LogP contribution < -0.4 is 5.43 Å². The molecule has 0 radical (unpaired) electrons. The number of rotatable bonds is 0. The number of hydrogen-bond acceptors (Lipinski definition) is 3. The first-order chi connectivity index (χ1) is 6.48. The summed E-state index contributed by atoms with van der Waals surface area (Å²) >= 11 is 0.